The molecule has 18 heavy (non-hydrogen) atoms. The predicted octanol–water partition coefficient (Wildman–Crippen LogP) is 0.573. The third kappa shape index (κ3) is 3.03. The number of carbonyl (C=O) groups is 1. The van der Waals surface area contributed by atoms with Crippen molar-refractivity contribution in [2.24, 2.45) is 11.8 Å². The Morgan fingerprint density at radius 2 is 2.11 bits per heavy atom. The van der Waals surface area contributed by atoms with Crippen molar-refractivity contribution in [1.29, 1.82) is 0 Å². The Morgan fingerprint density at radius 1 is 1.39 bits per heavy atom. The van der Waals surface area contributed by atoms with E-state index in [9.17, 15) is 13.2 Å². The van der Waals surface area contributed by atoms with Crippen LogP contribution in [0.25, 0.3) is 0 Å². The molecule has 5 nitrogen and oxygen atoms in total. The van der Waals surface area contributed by atoms with Crippen LogP contribution in [0.15, 0.2) is 0 Å². The predicted molar refractivity (Wildman–Crippen MR) is 69.5 cm³/mol. The standard InChI is InChI=1S/C12H22N2O3S/c1-9(2)8-18(16,17)14-6-5-11-10(7-14)3-4-12(15)13-11/h9-11H,3-8H2,1-2H3,(H,13,15). The highest BCUT2D eigenvalue weighted by molar-refractivity contribution is 7.89. The Labute approximate surface area is 109 Å². The van der Waals surface area contributed by atoms with Gasteiger partial charge in [0.05, 0.1) is 5.75 Å². The molecule has 0 aliphatic carbocycles. The number of fused-ring (bicyclic) bond motifs is 1. The molecule has 0 saturated carbocycles. The Kier molecular flexibility index (Phi) is 3.96. The zero-order chi connectivity index (χ0) is 13.3. The van der Waals surface area contributed by atoms with Crippen LogP contribution >= 0.6 is 0 Å². The number of sulfonamides is 1. The van der Waals surface area contributed by atoms with Crippen molar-refractivity contribution in [2.75, 3.05) is 18.8 Å². The van der Waals surface area contributed by atoms with E-state index in [0.29, 0.717) is 25.4 Å². The van der Waals surface area contributed by atoms with Gasteiger partial charge in [-0.2, -0.15) is 0 Å². The van der Waals surface area contributed by atoms with Gasteiger partial charge in [0.1, 0.15) is 0 Å². The topological polar surface area (TPSA) is 66.5 Å². The Hall–Kier alpha value is -0.620. The van der Waals surface area contributed by atoms with Gasteiger partial charge in [0.25, 0.3) is 0 Å². The number of piperidine rings is 2. The lowest BCUT2D eigenvalue weighted by atomic mass is 9.86. The van der Waals surface area contributed by atoms with Crippen molar-refractivity contribution in [3.63, 3.8) is 0 Å². The van der Waals surface area contributed by atoms with Crippen molar-refractivity contribution >= 4 is 15.9 Å². The van der Waals surface area contributed by atoms with Crippen LogP contribution in [0.2, 0.25) is 0 Å². The first kappa shape index (κ1) is 13.8. The van der Waals surface area contributed by atoms with Gasteiger partial charge in [-0.1, -0.05) is 13.8 Å². The third-order valence-electron chi connectivity index (χ3n) is 3.72. The van der Waals surface area contributed by atoms with Gasteiger partial charge in [-0.05, 0) is 24.7 Å². The lowest BCUT2D eigenvalue weighted by molar-refractivity contribution is -0.124. The van der Waals surface area contributed by atoms with E-state index in [-0.39, 0.29) is 23.6 Å². The molecule has 0 spiro atoms. The molecular weight excluding hydrogens is 252 g/mol. The number of amides is 1. The van der Waals surface area contributed by atoms with Crippen molar-refractivity contribution in [1.82, 2.24) is 9.62 Å². The molecule has 2 saturated heterocycles. The van der Waals surface area contributed by atoms with Gasteiger partial charge < -0.3 is 5.32 Å². The van der Waals surface area contributed by atoms with Crippen LogP contribution in [0.5, 0.6) is 0 Å². The fraction of sp³-hybridized carbons (Fsp3) is 0.917. The largest absolute Gasteiger partial charge is 0.353 e. The third-order valence-corrected chi connectivity index (χ3v) is 5.93. The van der Waals surface area contributed by atoms with E-state index < -0.39 is 10.0 Å². The minimum atomic E-state index is -3.13. The molecule has 0 aromatic heterocycles. The monoisotopic (exact) mass is 274 g/mol. The van der Waals surface area contributed by atoms with E-state index in [1.807, 2.05) is 13.8 Å². The van der Waals surface area contributed by atoms with Crippen LogP contribution in [0.3, 0.4) is 0 Å². The molecule has 2 heterocycles. The molecule has 0 radical (unpaired) electrons. The molecule has 6 heteroatoms. The van der Waals surface area contributed by atoms with Gasteiger partial charge in [-0.25, -0.2) is 12.7 Å². The summed E-state index contributed by atoms with van der Waals surface area (Å²) in [7, 11) is -3.13. The van der Waals surface area contributed by atoms with E-state index in [0.717, 1.165) is 12.8 Å². The first-order chi connectivity index (χ1) is 8.38. The maximum absolute atomic E-state index is 12.2. The first-order valence-corrected chi connectivity index (χ1v) is 8.26. The quantitative estimate of drug-likeness (QED) is 0.818. The van der Waals surface area contributed by atoms with Crippen molar-refractivity contribution < 1.29 is 13.2 Å². The average Bonchev–Trinajstić information content (AvgIpc) is 2.26. The fourth-order valence-electron chi connectivity index (χ4n) is 2.86. The van der Waals surface area contributed by atoms with Gasteiger partial charge in [0, 0.05) is 25.6 Å². The first-order valence-electron chi connectivity index (χ1n) is 6.65. The molecule has 0 bridgehead atoms. The zero-order valence-corrected chi connectivity index (χ0v) is 11.9. The molecule has 2 aliphatic heterocycles. The number of hydrogen-bond donors (Lipinski definition) is 1. The summed E-state index contributed by atoms with van der Waals surface area (Å²) >= 11 is 0. The van der Waals surface area contributed by atoms with Crippen LogP contribution in [0.1, 0.15) is 33.1 Å². The van der Waals surface area contributed by atoms with E-state index in [2.05, 4.69) is 5.32 Å². The molecule has 2 unspecified atom stereocenters. The van der Waals surface area contributed by atoms with Crippen LogP contribution in [-0.2, 0) is 14.8 Å². The maximum atomic E-state index is 12.2. The average molecular weight is 274 g/mol. The van der Waals surface area contributed by atoms with Crippen molar-refractivity contribution in [3.05, 3.63) is 0 Å². The van der Waals surface area contributed by atoms with E-state index in [4.69, 9.17) is 0 Å². The molecule has 2 rings (SSSR count). The van der Waals surface area contributed by atoms with Gasteiger partial charge in [0.2, 0.25) is 15.9 Å². The van der Waals surface area contributed by atoms with Crippen molar-refractivity contribution in [3.8, 4) is 0 Å². The minimum Gasteiger partial charge on any atom is -0.353 e. The molecule has 2 atom stereocenters. The van der Waals surface area contributed by atoms with E-state index in [1.165, 1.54) is 0 Å². The Morgan fingerprint density at radius 3 is 2.78 bits per heavy atom. The number of nitrogens with one attached hydrogen (secondary N) is 1. The summed E-state index contributed by atoms with van der Waals surface area (Å²) in [6.07, 6.45) is 2.08. The number of rotatable bonds is 3. The fourth-order valence-corrected chi connectivity index (χ4v) is 4.71. The molecule has 0 aromatic rings. The number of nitrogens with zero attached hydrogens (tertiary/aromatic N) is 1. The lowest BCUT2D eigenvalue weighted by Gasteiger charge is -2.40. The van der Waals surface area contributed by atoms with Crippen LogP contribution in [-0.4, -0.2) is 43.5 Å². The second kappa shape index (κ2) is 5.17. The summed E-state index contributed by atoms with van der Waals surface area (Å²) in [5.74, 6) is 0.767. The SMILES string of the molecule is CC(C)CS(=O)(=O)N1CCC2NC(=O)CCC2C1. The summed E-state index contributed by atoms with van der Waals surface area (Å²) in [4.78, 5) is 11.3. The highest BCUT2D eigenvalue weighted by Gasteiger charge is 2.37. The molecule has 1 N–H and O–H groups in total. The Balaban J connectivity index is 2.01. The molecular formula is C12H22N2O3S. The summed E-state index contributed by atoms with van der Waals surface area (Å²) in [6.45, 7) is 4.95. The summed E-state index contributed by atoms with van der Waals surface area (Å²) in [5, 5.41) is 2.97. The van der Waals surface area contributed by atoms with Crippen LogP contribution < -0.4 is 5.32 Å². The smallest absolute Gasteiger partial charge is 0.220 e. The molecule has 0 aromatic carbocycles. The zero-order valence-electron chi connectivity index (χ0n) is 11.1. The van der Waals surface area contributed by atoms with Gasteiger partial charge in [0.15, 0.2) is 0 Å². The van der Waals surface area contributed by atoms with E-state index >= 15 is 0 Å². The lowest BCUT2D eigenvalue weighted by Crippen LogP contribution is -2.55. The number of carbonyl (C=O) groups excluding carboxylic acids is 1. The molecule has 104 valence electrons. The summed E-state index contributed by atoms with van der Waals surface area (Å²) < 4.78 is 26.0. The van der Waals surface area contributed by atoms with Gasteiger partial charge in [-0.3, -0.25) is 4.79 Å². The minimum absolute atomic E-state index is 0.106. The molecule has 2 aliphatic rings. The van der Waals surface area contributed by atoms with Crippen LogP contribution in [0, 0.1) is 11.8 Å². The number of hydrogen-bond acceptors (Lipinski definition) is 3. The highest BCUT2D eigenvalue weighted by atomic mass is 32.2. The molecule has 1 amide bonds. The second-order valence-corrected chi connectivity index (χ2v) is 7.81. The summed E-state index contributed by atoms with van der Waals surface area (Å²) in [5.41, 5.74) is 0. The maximum Gasteiger partial charge on any atom is 0.220 e. The van der Waals surface area contributed by atoms with Gasteiger partial charge >= 0.3 is 0 Å². The Bertz CT molecular complexity index is 419. The summed E-state index contributed by atoms with van der Waals surface area (Å²) in [6, 6.07) is 0.178. The van der Waals surface area contributed by atoms with Crippen molar-refractivity contribution in [2.45, 2.75) is 39.2 Å². The van der Waals surface area contributed by atoms with Gasteiger partial charge in [-0.15, -0.1) is 0 Å². The highest BCUT2D eigenvalue weighted by Crippen LogP contribution is 2.27. The second-order valence-electron chi connectivity index (χ2n) is 5.79. The van der Waals surface area contributed by atoms with Crippen LogP contribution in [0.4, 0.5) is 0 Å². The van der Waals surface area contributed by atoms with E-state index in [1.54, 1.807) is 4.31 Å². The molecule has 2 fully saturated rings. The normalized spacial score (nSPS) is 30.1.